The van der Waals surface area contributed by atoms with E-state index in [0.29, 0.717) is 0 Å². The monoisotopic (exact) mass is 228 g/mol. The standard InChI is InChI=1S/C11H7F3O2/c1-2-4-10(15)8-5-3-6-9(7-8)16-11(12,13)14/h3,5-7H,1H3. The molecule has 0 atom stereocenters. The lowest BCUT2D eigenvalue weighted by Crippen LogP contribution is -2.17. The van der Waals surface area contributed by atoms with Crippen molar-refractivity contribution >= 4 is 5.78 Å². The van der Waals surface area contributed by atoms with Crippen LogP contribution in [0.2, 0.25) is 0 Å². The molecule has 0 saturated carbocycles. The van der Waals surface area contributed by atoms with Crippen molar-refractivity contribution in [2.24, 2.45) is 0 Å². The van der Waals surface area contributed by atoms with Crippen molar-refractivity contribution in [3.63, 3.8) is 0 Å². The number of hydrogen-bond acceptors (Lipinski definition) is 2. The lowest BCUT2D eigenvalue weighted by molar-refractivity contribution is -0.274. The first kappa shape index (κ1) is 12.1. The molecule has 1 aromatic carbocycles. The zero-order valence-electron chi connectivity index (χ0n) is 8.26. The van der Waals surface area contributed by atoms with E-state index >= 15 is 0 Å². The molecule has 16 heavy (non-hydrogen) atoms. The molecule has 1 aromatic rings. The molecule has 0 aliphatic carbocycles. The number of carbonyl (C=O) groups excluding carboxylic acids is 1. The first-order valence-electron chi connectivity index (χ1n) is 4.25. The summed E-state index contributed by atoms with van der Waals surface area (Å²) in [5, 5.41) is 0. The minimum Gasteiger partial charge on any atom is -0.406 e. The summed E-state index contributed by atoms with van der Waals surface area (Å²) in [6, 6.07) is 4.78. The van der Waals surface area contributed by atoms with Gasteiger partial charge in [0.25, 0.3) is 0 Å². The van der Waals surface area contributed by atoms with Crippen molar-refractivity contribution in [3.05, 3.63) is 29.8 Å². The summed E-state index contributed by atoms with van der Waals surface area (Å²) in [6.45, 7) is 1.47. The molecule has 0 fully saturated rings. The van der Waals surface area contributed by atoms with Gasteiger partial charge in [-0.1, -0.05) is 18.1 Å². The Morgan fingerprint density at radius 1 is 1.38 bits per heavy atom. The SMILES string of the molecule is CC#CC(=O)c1cccc(OC(F)(F)F)c1. The van der Waals surface area contributed by atoms with Crippen molar-refractivity contribution in [1.82, 2.24) is 0 Å². The van der Waals surface area contributed by atoms with Crippen molar-refractivity contribution < 1.29 is 22.7 Å². The number of carbonyl (C=O) groups is 1. The van der Waals surface area contributed by atoms with Gasteiger partial charge in [0.15, 0.2) is 0 Å². The molecule has 0 heterocycles. The molecule has 0 aromatic heterocycles. The molecular weight excluding hydrogens is 221 g/mol. The van der Waals surface area contributed by atoms with Crippen molar-refractivity contribution in [1.29, 1.82) is 0 Å². The highest BCUT2D eigenvalue weighted by atomic mass is 19.4. The van der Waals surface area contributed by atoms with Crippen LogP contribution >= 0.6 is 0 Å². The summed E-state index contributed by atoms with van der Waals surface area (Å²) in [4.78, 5) is 11.3. The van der Waals surface area contributed by atoms with E-state index in [0.717, 1.165) is 12.1 Å². The number of alkyl halides is 3. The summed E-state index contributed by atoms with van der Waals surface area (Å²) < 4.78 is 39.3. The van der Waals surface area contributed by atoms with Crippen LogP contribution in [-0.2, 0) is 0 Å². The largest absolute Gasteiger partial charge is 0.573 e. The molecular formula is C11H7F3O2. The van der Waals surface area contributed by atoms with Gasteiger partial charge in [0, 0.05) is 5.56 Å². The van der Waals surface area contributed by atoms with Gasteiger partial charge in [-0.15, -0.1) is 13.2 Å². The van der Waals surface area contributed by atoms with Crippen molar-refractivity contribution in [2.45, 2.75) is 13.3 Å². The average molecular weight is 228 g/mol. The topological polar surface area (TPSA) is 26.3 Å². The fraction of sp³-hybridized carbons (Fsp3) is 0.182. The Morgan fingerprint density at radius 2 is 2.06 bits per heavy atom. The van der Waals surface area contributed by atoms with E-state index in [1.807, 2.05) is 0 Å². The number of halogens is 3. The zero-order chi connectivity index (χ0) is 12.2. The molecule has 1 rings (SSSR count). The highest BCUT2D eigenvalue weighted by molar-refractivity contribution is 6.09. The Hall–Kier alpha value is -1.96. The Labute approximate surface area is 90.0 Å². The van der Waals surface area contributed by atoms with Gasteiger partial charge in [0.2, 0.25) is 5.78 Å². The quantitative estimate of drug-likeness (QED) is 0.442. The van der Waals surface area contributed by atoms with Crippen LogP contribution in [0, 0.1) is 11.8 Å². The molecule has 84 valence electrons. The second-order valence-corrected chi connectivity index (χ2v) is 2.78. The molecule has 0 amide bonds. The van der Waals surface area contributed by atoms with Gasteiger partial charge >= 0.3 is 6.36 Å². The summed E-state index contributed by atoms with van der Waals surface area (Å²) in [5.74, 6) is 3.62. The van der Waals surface area contributed by atoms with Crippen LogP contribution < -0.4 is 4.74 Å². The number of ether oxygens (including phenoxy) is 1. The maximum Gasteiger partial charge on any atom is 0.573 e. The smallest absolute Gasteiger partial charge is 0.406 e. The summed E-state index contributed by atoms with van der Waals surface area (Å²) in [7, 11) is 0. The number of ketones is 1. The highest BCUT2D eigenvalue weighted by Crippen LogP contribution is 2.23. The predicted molar refractivity (Wildman–Crippen MR) is 50.9 cm³/mol. The molecule has 2 nitrogen and oxygen atoms in total. The zero-order valence-corrected chi connectivity index (χ0v) is 8.26. The maximum atomic E-state index is 11.9. The third-order valence-electron chi connectivity index (χ3n) is 1.57. The second kappa shape index (κ2) is 4.71. The second-order valence-electron chi connectivity index (χ2n) is 2.78. The van der Waals surface area contributed by atoms with E-state index in [1.54, 1.807) is 0 Å². The Bertz CT molecular complexity index is 452. The van der Waals surface area contributed by atoms with Crippen LogP contribution in [0.25, 0.3) is 0 Å². The number of Topliss-reactive ketones (excluding diaryl/α,β-unsaturated/α-hetero) is 1. The normalized spacial score (nSPS) is 10.2. The molecule has 0 spiro atoms. The van der Waals surface area contributed by atoms with E-state index in [-0.39, 0.29) is 5.56 Å². The van der Waals surface area contributed by atoms with Crippen LogP contribution in [0.15, 0.2) is 24.3 Å². The van der Waals surface area contributed by atoms with Gasteiger partial charge in [-0.2, -0.15) is 0 Å². The molecule has 0 bridgehead atoms. The van der Waals surface area contributed by atoms with Gasteiger partial charge in [0.1, 0.15) is 5.75 Å². The van der Waals surface area contributed by atoms with Gasteiger partial charge in [-0.05, 0) is 25.0 Å². The molecule has 0 aliphatic rings. The van der Waals surface area contributed by atoms with Crippen LogP contribution in [0.3, 0.4) is 0 Å². The lowest BCUT2D eigenvalue weighted by Gasteiger charge is -2.08. The fourth-order valence-corrected chi connectivity index (χ4v) is 1.02. The first-order valence-corrected chi connectivity index (χ1v) is 4.25. The minimum absolute atomic E-state index is 0.0658. The van der Waals surface area contributed by atoms with E-state index in [2.05, 4.69) is 16.6 Å². The van der Waals surface area contributed by atoms with Gasteiger partial charge < -0.3 is 4.74 Å². The lowest BCUT2D eigenvalue weighted by atomic mass is 10.1. The van der Waals surface area contributed by atoms with Gasteiger partial charge in [-0.25, -0.2) is 0 Å². The molecule has 0 N–H and O–H groups in total. The third kappa shape index (κ3) is 3.65. The molecule has 0 unspecified atom stereocenters. The third-order valence-corrected chi connectivity index (χ3v) is 1.57. The van der Waals surface area contributed by atoms with E-state index in [9.17, 15) is 18.0 Å². The van der Waals surface area contributed by atoms with Crippen LogP contribution in [-0.4, -0.2) is 12.1 Å². The van der Waals surface area contributed by atoms with E-state index in [1.165, 1.54) is 19.1 Å². The summed E-state index contributed by atoms with van der Waals surface area (Å²) in [6.07, 6.45) is -4.77. The van der Waals surface area contributed by atoms with Gasteiger partial charge in [-0.3, -0.25) is 4.79 Å². The molecule has 5 heteroatoms. The Balaban J connectivity index is 2.94. The Morgan fingerprint density at radius 3 is 2.62 bits per heavy atom. The fourth-order valence-electron chi connectivity index (χ4n) is 1.02. The summed E-state index contributed by atoms with van der Waals surface area (Å²) in [5.41, 5.74) is 0.0658. The minimum atomic E-state index is -4.77. The Kier molecular flexibility index (Phi) is 3.56. The van der Waals surface area contributed by atoms with Gasteiger partial charge in [0.05, 0.1) is 0 Å². The average Bonchev–Trinajstić information content (AvgIpc) is 2.16. The van der Waals surface area contributed by atoms with Crippen LogP contribution in [0.4, 0.5) is 13.2 Å². The van der Waals surface area contributed by atoms with Crippen LogP contribution in [0.5, 0.6) is 5.75 Å². The number of rotatable bonds is 2. The maximum absolute atomic E-state index is 11.9. The predicted octanol–water partition coefficient (Wildman–Crippen LogP) is 2.79. The summed E-state index contributed by atoms with van der Waals surface area (Å²) >= 11 is 0. The van der Waals surface area contributed by atoms with E-state index < -0.39 is 17.9 Å². The van der Waals surface area contributed by atoms with Crippen LogP contribution in [0.1, 0.15) is 17.3 Å². The molecule has 0 saturated heterocycles. The molecule has 0 aliphatic heterocycles. The highest BCUT2D eigenvalue weighted by Gasteiger charge is 2.31. The first-order chi connectivity index (χ1) is 7.42. The van der Waals surface area contributed by atoms with Crippen molar-refractivity contribution in [3.8, 4) is 17.6 Å². The number of hydrogen-bond donors (Lipinski definition) is 0. The molecule has 0 radical (unpaired) electrons. The van der Waals surface area contributed by atoms with E-state index in [4.69, 9.17) is 0 Å². The van der Waals surface area contributed by atoms with Crippen molar-refractivity contribution in [2.75, 3.05) is 0 Å². The number of benzene rings is 1.